The highest BCUT2D eigenvalue weighted by molar-refractivity contribution is 7.77. The second kappa shape index (κ2) is 4.14. The molecule has 0 saturated heterocycles. The van der Waals surface area contributed by atoms with Crippen LogP contribution >= 0.6 is 0 Å². The van der Waals surface area contributed by atoms with Crippen LogP contribution in [-0.2, 0) is 17.7 Å². The molecule has 1 unspecified atom stereocenters. The Bertz CT molecular complexity index is 507. The SMILES string of the molecule is NCCc1cn(S(=O)O)c2ccccc12. The first-order valence-electron chi connectivity index (χ1n) is 4.64. The number of nitrogens with zero attached hydrogens (tertiary/aromatic N) is 1. The summed E-state index contributed by atoms with van der Waals surface area (Å²) in [6, 6.07) is 7.51. The van der Waals surface area contributed by atoms with Crippen molar-refractivity contribution < 1.29 is 8.76 Å². The van der Waals surface area contributed by atoms with Crippen LogP contribution in [-0.4, -0.2) is 19.3 Å². The lowest BCUT2D eigenvalue weighted by atomic mass is 10.1. The van der Waals surface area contributed by atoms with Crippen molar-refractivity contribution in [1.29, 1.82) is 0 Å². The number of rotatable bonds is 3. The molecule has 0 spiro atoms. The van der Waals surface area contributed by atoms with E-state index in [1.54, 1.807) is 6.20 Å². The molecule has 0 aliphatic heterocycles. The van der Waals surface area contributed by atoms with E-state index in [2.05, 4.69) is 0 Å². The monoisotopic (exact) mass is 224 g/mol. The molecule has 1 atom stereocenters. The number of fused-ring (bicyclic) bond motifs is 1. The zero-order valence-corrected chi connectivity index (χ0v) is 8.91. The number of para-hydroxylation sites is 1. The van der Waals surface area contributed by atoms with Gasteiger partial charge in [-0.1, -0.05) is 18.2 Å². The molecule has 2 rings (SSSR count). The van der Waals surface area contributed by atoms with Gasteiger partial charge >= 0.3 is 0 Å². The van der Waals surface area contributed by atoms with Gasteiger partial charge in [-0.05, 0) is 24.6 Å². The van der Waals surface area contributed by atoms with Crippen LogP contribution in [0, 0.1) is 0 Å². The van der Waals surface area contributed by atoms with Crippen LogP contribution in [0.3, 0.4) is 0 Å². The molecule has 5 heteroatoms. The minimum absolute atomic E-state index is 0.534. The summed E-state index contributed by atoms with van der Waals surface area (Å²) in [5, 5.41) is 0.991. The lowest BCUT2D eigenvalue weighted by Gasteiger charge is -1.96. The molecular formula is C10H12N2O2S. The molecule has 0 radical (unpaired) electrons. The predicted molar refractivity (Wildman–Crippen MR) is 60.9 cm³/mol. The second-order valence-corrected chi connectivity index (χ2v) is 4.12. The molecule has 80 valence electrons. The Morgan fingerprint density at radius 3 is 2.80 bits per heavy atom. The molecule has 0 fully saturated rings. The molecule has 1 heterocycles. The zero-order chi connectivity index (χ0) is 10.8. The Balaban J connectivity index is 2.67. The second-order valence-electron chi connectivity index (χ2n) is 3.27. The maximum Gasteiger partial charge on any atom is 0.266 e. The van der Waals surface area contributed by atoms with Crippen molar-refractivity contribution in [1.82, 2.24) is 3.97 Å². The molecule has 0 aliphatic rings. The van der Waals surface area contributed by atoms with Crippen LogP contribution in [0.15, 0.2) is 30.5 Å². The maximum absolute atomic E-state index is 11.1. The molecule has 0 saturated carbocycles. The molecule has 4 nitrogen and oxygen atoms in total. The number of nitrogens with two attached hydrogens (primary N) is 1. The third-order valence-electron chi connectivity index (χ3n) is 2.34. The van der Waals surface area contributed by atoms with Crippen LogP contribution in [0.2, 0.25) is 0 Å². The summed E-state index contributed by atoms with van der Waals surface area (Å²) in [7, 11) is 0. The van der Waals surface area contributed by atoms with Crippen molar-refractivity contribution in [2.24, 2.45) is 5.73 Å². The maximum atomic E-state index is 11.1. The van der Waals surface area contributed by atoms with E-state index in [1.165, 1.54) is 3.97 Å². The van der Waals surface area contributed by atoms with Gasteiger partial charge in [-0.2, -0.15) is 0 Å². The van der Waals surface area contributed by atoms with Crippen LogP contribution in [0.5, 0.6) is 0 Å². The van der Waals surface area contributed by atoms with Gasteiger partial charge in [0.25, 0.3) is 11.3 Å². The molecule has 3 N–H and O–H groups in total. The van der Waals surface area contributed by atoms with Gasteiger partial charge in [-0.3, -0.25) is 4.55 Å². The van der Waals surface area contributed by atoms with Gasteiger partial charge in [-0.25, -0.2) is 8.18 Å². The Morgan fingerprint density at radius 1 is 1.40 bits per heavy atom. The topological polar surface area (TPSA) is 68.2 Å². The molecule has 1 aromatic heterocycles. The van der Waals surface area contributed by atoms with Gasteiger partial charge in [0.15, 0.2) is 0 Å². The lowest BCUT2D eigenvalue weighted by molar-refractivity contribution is 0.556. The summed E-state index contributed by atoms with van der Waals surface area (Å²) in [5.41, 5.74) is 7.26. The Morgan fingerprint density at radius 2 is 2.13 bits per heavy atom. The van der Waals surface area contributed by atoms with E-state index in [9.17, 15) is 4.21 Å². The minimum Gasteiger partial charge on any atom is -0.330 e. The van der Waals surface area contributed by atoms with E-state index in [0.29, 0.717) is 13.0 Å². The smallest absolute Gasteiger partial charge is 0.266 e. The van der Waals surface area contributed by atoms with Crippen molar-refractivity contribution in [2.45, 2.75) is 6.42 Å². The number of hydrogen-bond donors (Lipinski definition) is 2. The molecule has 0 bridgehead atoms. The fourth-order valence-corrected chi connectivity index (χ4v) is 2.25. The molecule has 0 amide bonds. The van der Waals surface area contributed by atoms with Crippen molar-refractivity contribution in [3.8, 4) is 0 Å². The Hall–Kier alpha value is -1.17. The van der Waals surface area contributed by atoms with Crippen LogP contribution in [0.25, 0.3) is 10.9 Å². The van der Waals surface area contributed by atoms with Gasteiger partial charge in [0.1, 0.15) is 0 Å². The largest absolute Gasteiger partial charge is 0.330 e. The van der Waals surface area contributed by atoms with E-state index in [4.69, 9.17) is 10.3 Å². The fraction of sp³-hybridized carbons (Fsp3) is 0.200. The third-order valence-corrected chi connectivity index (χ3v) is 2.98. The van der Waals surface area contributed by atoms with Gasteiger partial charge in [0, 0.05) is 11.6 Å². The number of aromatic nitrogens is 1. The van der Waals surface area contributed by atoms with Gasteiger partial charge < -0.3 is 5.73 Å². The fourth-order valence-electron chi connectivity index (χ4n) is 1.70. The summed E-state index contributed by atoms with van der Waals surface area (Å²) in [5.74, 6) is 0. The lowest BCUT2D eigenvalue weighted by Crippen LogP contribution is -2.03. The highest BCUT2D eigenvalue weighted by atomic mass is 32.2. The summed E-state index contributed by atoms with van der Waals surface area (Å²) in [6.07, 6.45) is 2.40. The van der Waals surface area contributed by atoms with Crippen molar-refractivity contribution >= 4 is 22.2 Å². The summed E-state index contributed by atoms with van der Waals surface area (Å²) in [6.45, 7) is 0.534. The standard InChI is InChI=1S/C10H12N2O2S/c11-6-5-8-7-12(15(13)14)10-4-2-1-3-9(8)10/h1-4,7H,5-6,11H2,(H,13,14). The van der Waals surface area contributed by atoms with Crippen LogP contribution in [0.4, 0.5) is 0 Å². The highest BCUT2D eigenvalue weighted by Gasteiger charge is 2.09. The van der Waals surface area contributed by atoms with Crippen LogP contribution in [0.1, 0.15) is 5.56 Å². The minimum atomic E-state index is -2.01. The molecular weight excluding hydrogens is 212 g/mol. The van der Waals surface area contributed by atoms with Gasteiger partial charge in [0.2, 0.25) is 0 Å². The average Bonchev–Trinajstić information content (AvgIpc) is 2.59. The first-order chi connectivity index (χ1) is 7.24. The van der Waals surface area contributed by atoms with Crippen molar-refractivity contribution in [3.05, 3.63) is 36.0 Å². The summed E-state index contributed by atoms with van der Waals surface area (Å²) < 4.78 is 21.5. The Kier molecular flexibility index (Phi) is 2.86. The molecule has 1 aromatic carbocycles. The van der Waals surface area contributed by atoms with Gasteiger partial charge in [-0.15, -0.1) is 0 Å². The van der Waals surface area contributed by atoms with Crippen LogP contribution < -0.4 is 5.73 Å². The Labute approximate surface area is 90.1 Å². The van der Waals surface area contributed by atoms with E-state index in [0.717, 1.165) is 16.5 Å². The first-order valence-corrected chi connectivity index (χ1v) is 5.71. The van der Waals surface area contributed by atoms with E-state index < -0.39 is 11.3 Å². The van der Waals surface area contributed by atoms with Crippen molar-refractivity contribution in [2.75, 3.05) is 6.54 Å². The average molecular weight is 224 g/mol. The summed E-state index contributed by atoms with van der Waals surface area (Å²) >= 11 is -2.01. The summed E-state index contributed by atoms with van der Waals surface area (Å²) in [4.78, 5) is 0. The number of hydrogen-bond acceptors (Lipinski definition) is 2. The third kappa shape index (κ3) is 1.81. The van der Waals surface area contributed by atoms with E-state index in [-0.39, 0.29) is 0 Å². The molecule has 0 aliphatic carbocycles. The quantitative estimate of drug-likeness (QED) is 0.768. The molecule has 2 aromatic rings. The zero-order valence-electron chi connectivity index (χ0n) is 8.09. The molecule has 15 heavy (non-hydrogen) atoms. The van der Waals surface area contributed by atoms with E-state index >= 15 is 0 Å². The number of benzene rings is 1. The van der Waals surface area contributed by atoms with Gasteiger partial charge in [0.05, 0.1) is 5.52 Å². The van der Waals surface area contributed by atoms with Crippen molar-refractivity contribution in [3.63, 3.8) is 0 Å². The first kappa shape index (κ1) is 10.4. The normalized spacial score (nSPS) is 13.2. The highest BCUT2D eigenvalue weighted by Crippen LogP contribution is 2.21. The predicted octanol–water partition coefficient (Wildman–Crippen LogP) is 1.13. The van der Waals surface area contributed by atoms with E-state index in [1.807, 2.05) is 24.3 Å².